The Kier molecular flexibility index (Phi) is 3.27. The SMILES string of the molecule is Cn1nccc1CNC(=O)c1ccc(N)cc1F. The number of anilines is 1. The second-order valence-electron chi connectivity index (χ2n) is 3.87. The molecule has 0 saturated carbocycles. The summed E-state index contributed by atoms with van der Waals surface area (Å²) in [5.41, 5.74) is 6.51. The van der Waals surface area contributed by atoms with Crippen molar-refractivity contribution in [2.24, 2.45) is 7.05 Å². The van der Waals surface area contributed by atoms with Gasteiger partial charge in [-0.3, -0.25) is 9.48 Å². The maximum absolute atomic E-state index is 13.5. The minimum Gasteiger partial charge on any atom is -0.399 e. The molecular weight excluding hydrogens is 235 g/mol. The fraction of sp³-hybridized carbons (Fsp3) is 0.167. The van der Waals surface area contributed by atoms with Gasteiger partial charge >= 0.3 is 0 Å². The minimum absolute atomic E-state index is 0.0219. The number of rotatable bonds is 3. The summed E-state index contributed by atoms with van der Waals surface area (Å²) in [5, 5.41) is 6.59. The summed E-state index contributed by atoms with van der Waals surface area (Å²) >= 11 is 0. The van der Waals surface area contributed by atoms with E-state index in [0.29, 0.717) is 6.54 Å². The Morgan fingerprint density at radius 3 is 2.89 bits per heavy atom. The van der Waals surface area contributed by atoms with Crippen molar-refractivity contribution < 1.29 is 9.18 Å². The first kappa shape index (κ1) is 12.1. The van der Waals surface area contributed by atoms with E-state index in [0.717, 1.165) is 11.8 Å². The first-order chi connectivity index (χ1) is 8.58. The number of nitrogens with two attached hydrogens (primary N) is 1. The molecule has 1 amide bonds. The molecule has 0 atom stereocenters. The first-order valence-corrected chi connectivity index (χ1v) is 5.38. The summed E-state index contributed by atoms with van der Waals surface area (Å²) in [6, 6.07) is 5.75. The molecule has 0 aliphatic carbocycles. The van der Waals surface area contributed by atoms with Crippen LogP contribution in [0.2, 0.25) is 0 Å². The molecular formula is C12H13FN4O. The molecule has 94 valence electrons. The van der Waals surface area contributed by atoms with E-state index in [2.05, 4.69) is 10.4 Å². The normalized spacial score (nSPS) is 10.3. The lowest BCUT2D eigenvalue weighted by Gasteiger charge is -2.06. The number of carbonyl (C=O) groups is 1. The lowest BCUT2D eigenvalue weighted by molar-refractivity contribution is 0.0946. The van der Waals surface area contributed by atoms with Gasteiger partial charge in [-0.25, -0.2) is 4.39 Å². The van der Waals surface area contributed by atoms with E-state index in [4.69, 9.17) is 5.73 Å². The van der Waals surface area contributed by atoms with Crippen molar-refractivity contribution in [2.45, 2.75) is 6.54 Å². The number of nitrogens with zero attached hydrogens (tertiary/aromatic N) is 2. The molecule has 2 aromatic rings. The average Bonchev–Trinajstić information content (AvgIpc) is 2.72. The van der Waals surface area contributed by atoms with Gasteiger partial charge in [0.2, 0.25) is 0 Å². The second kappa shape index (κ2) is 4.87. The number of hydrogen-bond acceptors (Lipinski definition) is 3. The van der Waals surface area contributed by atoms with Gasteiger partial charge in [0.05, 0.1) is 17.8 Å². The van der Waals surface area contributed by atoms with Crippen LogP contribution in [0.4, 0.5) is 10.1 Å². The molecule has 1 heterocycles. The van der Waals surface area contributed by atoms with Crippen molar-refractivity contribution in [3.63, 3.8) is 0 Å². The van der Waals surface area contributed by atoms with Crippen molar-refractivity contribution in [1.82, 2.24) is 15.1 Å². The third kappa shape index (κ3) is 2.48. The van der Waals surface area contributed by atoms with Crippen LogP contribution in [0.25, 0.3) is 0 Å². The molecule has 0 radical (unpaired) electrons. The largest absolute Gasteiger partial charge is 0.399 e. The van der Waals surface area contributed by atoms with Gasteiger partial charge in [-0.15, -0.1) is 0 Å². The van der Waals surface area contributed by atoms with E-state index in [1.807, 2.05) is 0 Å². The number of aryl methyl sites for hydroxylation is 1. The van der Waals surface area contributed by atoms with Gasteiger partial charge in [0.15, 0.2) is 0 Å². The van der Waals surface area contributed by atoms with Crippen molar-refractivity contribution >= 4 is 11.6 Å². The van der Waals surface area contributed by atoms with Gasteiger partial charge in [0.1, 0.15) is 5.82 Å². The van der Waals surface area contributed by atoms with Crippen LogP contribution in [-0.2, 0) is 13.6 Å². The maximum atomic E-state index is 13.5. The number of nitrogen functional groups attached to an aromatic ring is 1. The highest BCUT2D eigenvalue weighted by atomic mass is 19.1. The van der Waals surface area contributed by atoms with Crippen molar-refractivity contribution in [3.8, 4) is 0 Å². The fourth-order valence-electron chi connectivity index (χ4n) is 1.56. The lowest BCUT2D eigenvalue weighted by atomic mass is 10.2. The third-order valence-corrected chi connectivity index (χ3v) is 2.59. The highest BCUT2D eigenvalue weighted by Crippen LogP contribution is 2.11. The molecule has 0 spiro atoms. The summed E-state index contributed by atoms with van der Waals surface area (Å²) in [6.45, 7) is 0.291. The number of aromatic nitrogens is 2. The zero-order chi connectivity index (χ0) is 13.1. The molecule has 1 aromatic carbocycles. The number of carbonyl (C=O) groups excluding carboxylic acids is 1. The van der Waals surface area contributed by atoms with Crippen LogP contribution in [0, 0.1) is 5.82 Å². The average molecular weight is 248 g/mol. The quantitative estimate of drug-likeness (QED) is 0.798. The van der Waals surface area contributed by atoms with Crippen LogP contribution in [0.1, 0.15) is 16.1 Å². The van der Waals surface area contributed by atoms with E-state index in [1.54, 1.807) is 24.0 Å². The van der Waals surface area contributed by atoms with Crippen LogP contribution in [0.15, 0.2) is 30.5 Å². The molecule has 0 saturated heterocycles. The number of benzene rings is 1. The summed E-state index contributed by atoms with van der Waals surface area (Å²) in [7, 11) is 1.77. The molecule has 2 rings (SSSR count). The van der Waals surface area contributed by atoms with Gasteiger partial charge in [0.25, 0.3) is 5.91 Å². The van der Waals surface area contributed by atoms with Gasteiger partial charge in [0, 0.05) is 18.9 Å². The molecule has 0 aliphatic heterocycles. The molecule has 0 bridgehead atoms. The Balaban J connectivity index is 2.06. The van der Waals surface area contributed by atoms with Crippen LogP contribution >= 0.6 is 0 Å². The molecule has 3 N–H and O–H groups in total. The maximum Gasteiger partial charge on any atom is 0.254 e. The van der Waals surface area contributed by atoms with Crippen LogP contribution in [0.5, 0.6) is 0 Å². The second-order valence-corrected chi connectivity index (χ2v) is 3.87. The summed E-state index contributed by atoms with van der Waals surface area (Å²) < 4.78 is 15.1. The van der Waals surface area contributed by atoms with Crippen LogP contribution < -0.4 is 11.1 Å². The molecule has 5 nitrogen and oxygen atoms in total. The Morgan fingerprint density at radius 2 is 2.28 bits per heavy atom. The number of nitrogens with one attached hydrogen (secondary N) is 1. The topological polar surface area (TPSA) is 72.9 Å². The van der Waals surface area contributed by atoms with E-state index in [-0.39, 0.29) is 11.3 Å². The Hall–Kier alpha value is -2.37. The summed E-state index contributed by atoms with van der Waals surface area (Å²) in [4.78, 5) is 11.8. The number of amides is 1. The summed E-state index contributed by atoms with van der Waals surface area (Å²) in [5.74, 6) is -1.11. The van der Waals surface area contributed by atoms with Crippen molar-refractivity contribution in [1.29, 1.82) is 0 Å². The zero-order valence-electron chi connectivity index (χ0n) is 9.85. The molecule has 6 heteroatoms. The molecule has 18 heavy (non-hydrogen) atoms. The molecule has 0 aliphatic rings. The smallest absolute Gasteiger partial charge is 0.254 e. The lowest BCUT2D eigenvalue weighted by Crippen LogP contribution is -2.25. The monoisotopic (exact) mass is 248 g/mol. The van der Waals surface area contributed by atoms with Crippen molar-refractivity contribution in [2.75, 3.05) is 5.73 Å². The van der Waals surface area contributed by atoms with E-state index in [9.17, 15) is 9.18 Å². The van der Waals surface area contributed by atoms with Gasteiger partial charge < -0.3 is 11.1 Å². The first-order valence-electron chi connectivity index (χ1n) is 5.38. The summed E-state index contributed by atoms with van der Waals surface area (Å²) in [6.07, 6.45) is 1.63. The number of hydrogen-bond donors (Lipinski definition) is 2. The third-order valence-electron chi connectivity index (χ3n) is 2.59. The predicted octanol–water partition coefficient (Wildman–Crippen LogP) is 1.07. The van der Waals surface area contributed by atoms with Gasteiger partial charge in [-0.1, -0.05) is 0 Å². The van der Waals surface area contributed by atoms with E-state index in [1.165, 1.54) is 12.1 Å². The fourth-order valence-corrected chi connectivity index (χ4v) is 1.56. The Bertz CT molecular complexity index is 579. The van der Waals surface area contributed by atoms with Gasteiger partial charge in [-0.05, 0) is 24.3 Å². The Labute approximate surface area is 103 Å². The molecule has 0 fully saturated rings. The van der Waals surface area contributed by atoms with Crippen LogP contribution in [-0.4, -0.2) is 15.7 Å². The highest BCUT2D eigenvalue weighted by molar-refractivity contribution is 5.94. The zero-order valence-corrected chi connectivity index (χ0v) is 9.85. The van der Waals surface area contributed by atoms with Crippen molar-refractivity contribution in [3.05, 3.63) is 47.5 Å². The molecule has 1 aromatic heterocycles. The van der Waals surface area contributed by atoms with Gasteiger partial charge in [-0.2, -0.15) is 5.10 Å². The Morgan fingerprint density at radius 1 is 1.50 bits per heavy atom. The standard InChI is InChI=1S/C12H13FN4O/c1-17-9(4-5-16-17)7-15-12(18)10-3-2-8(14)6-11(10)13/h2-6H,7,14H2,1H3,(H,15,18). The highest BCUT2D eigenvalue weighted by Gasteiger charge is 2.11. The van der Waals surface area contributed by atoms with E-state index < -0.39 is 11.7 Å². The van der Waals surface area contributed by atoms with Crippen LogP contribution in [0.3, 0.4) is 0 Å². The molecule has 0 unspecified atom stereocenters. The minimum atomic E-state index is -0.627. The predicted molar refractivity (Wildman–Crippen MR) is 65.2 cm³/mol. The number of halogens is 1. The van der Waals surface area contributed by atoms with E-state index >= 15 is 0 Å².